The Hall–Kier alpha value is -3.67. The van der Waals surface area contributed by atoms with Crippen LogP contribution in [-0.4, -0.2) is 21.6 Å². The molecule has 0 unspecified atom stereocenters. The number of hydrogen-bond acceptors (Lipinski definition) is 3. The number of nitrogens with zero attached hydrogens (tertiary/aromatic N) is 1. The predicted molar refractivity (Wildman–Crippen MR) is 116 cm³/mol. The summed E-state index contributed by atoms with van der Waals surface area (Å²) in [6.45, 7) is -0.448. The molecule has 1 heterocycles. The van der Waals surface area contributed by atoms with Gasteiger partial charge in [0.15, 0.2) is 0 Å². The lowest BCUT2D eigenvalue weighted by Gasteiger charge is -2.14. The minimum atomic E-state index is -1.11. The van der Waals surface area contributed by atoms with Gasteiger partial charge in [0.1, 0.15) is 12.2 Å². The van der Waals surface area contributed by atoms with E-state index < -0.39 is 18.1 Å². The molecule has 3 rings (SSSR count). The summed E-state index contributed by atoms with van der Waals surface area (Å²) < 4.78 is 1.22. The topological polar surface area (TPSA) is 88.4 Å². The van der Waals surface area contributed by atoms with Gasteiger partial charge in [-0.25, -0.2) is 0 Å². The number of aliphatic carboxylic acids is 1. The van der Waals surface area contributed by atoms with Gasteiger partial charge in [0.2, 0.25) is 5.91 Å². The average molecular weight is 404 g/mol. The Morgan fingerprint density at radius 3 is 2.00 bits per heavy atom. The normalized spacial score (nSPS) is 10.5. The van der Waals surface area contributed by atoms with Crippen LogP contribution in [0.5, 0.6) is 0 Å². The van der Waals surface area contributed by atoms with Gasteiger partial charge in [0, 0.05) is 12.1 Å². The van der Waals surface area contributed by atoms with Gasteiger partial charge in [-0.3, -0.25) is 19.0 Å². The Kier molecular flexibility index (Phi) is 7.16. The average Bonchev–Trinajstić information content (AvgIpc) is 2.75. The maximum atomic E-state index is 12.8. The number of carbonyl (C=O) groups excluding carboxylic acids is 1. The lowest BCUT2D eigenvalue weighted by molar-refractivity contribution is -0.137. The smallest absolute Gasteiger partial charge is 0.323 e. The van der Waals surface area contributed by atoms with Gasteiger partial charge >= 0.3 is 5.97 Å². The van der Waals surface area contributed by atoms with E-state index in [1.54, 1.807) is 12.1 Å². The van der Waals surface area contributed by atoms with E-state index in [2.05, 4.69) is 5.32 Å². The van der Waals surface area contributed by atoms with Crippen molar-refractivity contribution < 1.29 is 14.7 Å². The number of aryl methyl sites for hydroxylation is 3. The molecule has 6 heteroatoms. The minimum Gasteiger partial charge on any atom is -0.480 e. The maximum absolute atomic E-state index is 12.8. The first-order valence-electron chi connectivity index (χ1n) is 9.85. The SMILES string of the molecule is O=C(O)Cn1c(CCc2ccccc2)ccc(NC(=O)CCc2ccccc2)c1=O. The van der Waals surface area contributed by atoms with Crippen molar-refractivity contribution in [3.05, 3.63) is 100.0 Å². The van der Waals surface area contributed by atoms with E-state index in [0.29, 0.717) is 25.0 Å². The Morgan fingerprint density at radius 2 is 1.40 bits per heavy atom. The molecule has 2 N–H and O–H groups in total. The molecule has 0 aliphatic heterocycles. The second-order valence-corrected chi connectivity index (χ2v) is 7.04. The highest BCUT2D eigenvalue weighted by atomic mass is 16.4. The van der Waals surface area contributed by atoms with Crippen LogP contribution in [0.2, 0.25) is 0 Å². The summed E-state index contributed by atoms with van der Waals surface area (Å²) in [5, 5.41) is 11.9. The van der Waals surface area contributed by atoms with Crippen molar-refractivity contribution in [2.75, 3.05) is 5.32 Å². The molecule has 2 aromatic carbocycles. The van der Waals surface area contributed by atoms with Crippen molar-refractivity contribution in [3.8, 4) is 0 Å². The number of aromatic nitrogens is 1. The molecule has 0 aliphatic rings. The largest absolute Gasteiger partial charge is 0.480 e. The Balaban J connectivity index is 1.72. The standard InChI is InChI=1S/C24H24N2O4/c27-22(16-12-19-9-5-2-6-10-19)25-21-15-14-20(26(24(21)30)17-23(28)29)13-11-18-7-3-1-4-8-18/h1-10,14-15H,11-13,16-17H2,(H,25,27)(H,28,29). The fourth-order valence-electron chi connectivity index (χ4n) is 3.27. The second-order valence-electron chi connectivity index (χ2n) is 7.04. The first kappa shape index (κ1) is 21.0. The lowest BCUT2D eigenvalue weighted by atomic mass is 10.1. The molecule has 0 bridgehead atoms. The van der Waals surface area contributed by atoms with Crippen molar-refractivity contribution in [2.24, 2.45) is 0 Å². The summed E-state index contributed by atoms with van der Waals surface area (Å²) in [6, 6.07) is 22.7. The second kappa shape index (κ2) is 10.2. The van der Waals surface area contributed by atoms with E-state index in [1.807, 2.05) is 60.7 Å². The zero-order valence-electron chi connectivity index (χ0n) is 16.6. The number of amides is 1. The van der Waals surface area contributed by atoms with Crippen LogP contribution in [0, 0.1) is 0 Å². The molecule has 1 aromatic heterocycles. The molecule has 0 fully saturated rings. The predicted octanol–water partition coefficient (Wildman–Crippen LogP) is 3.29. The Morgan fingerprint density at radius 1 is 0.800 bits per heavy atom. The van der Waals surface area contributed by atoms with Crippen LogP contribution in [0.25, 0.3) is 0 Å². The number of carboxylic acids is 1. The van der Waals surface area contributed by atoms with Gasteiger partial charge in [-0.1, -0.05) is 60.7 Å². The molecule has 0 spiro atoms. The zero-order valence-corrected chi connectivity index (χ0v) is 16.6. The van der Waals surface area contributed by atoms with E-state index in [0.717, 1.165) is 11.1 Å². The van der Waals surface area contributed by atoms with Crippen LogP contribution < -0.4 is 10.9 Å². The first-order chi connectivity index (χ1) is 14.5. The summed E-state index contributed by atoms with van der Waals surface area (Å²) >= 11 is 0. The summed E-state index contributed by atoms with van der Waals surface area (Å²) in [5.41, 5.74) is 2.35. The van der Waals surface area contributed by atoms with E-state index in [9.17, 15) is 19.5 Å². The highest BCUT2D eigenvalue weighted by molar-refractivity contribution is 5.90. The summed E-state index contributed by atoms with van der Waals surface area (Å²) in [7, 11) is 0. The third-order valence-electron chi connectivity index (χ3n) is 4.83. The van der Waals surface area contributed by atoms with Crippen LogP contribution >= 0.6 is 0 Å². The molecule has 154 valence electrons. The fourth-order valence-corrected chi connectivity index (χ4v) is 3.27. The quantitative estimate of drug-likeness (QED) is 0.573. The van der Waals surface area contributed by atoms with Gasteiger partial charge < -0.3 is 10.4 Å². The number of rotatable bonds is 9. The number of carboxylic acid groups (broad SMARTS) is 1. The maximum Gasteiger partial charge on any atom is 0.323 e. The molecule has 0 atom stereocenters. The van der Waals surface area contributed by atoms with E-state index >= 15 is 0 Å². The zero-order chi connectivity index (χ0) is 21.3. The fraction of sp³-hybridized carbons (Fsp3) is 0.208. The van der Waals surface area contributed by atoms with Crippen LogP contribution in [0.4, 0.5) is 5.69 Å². The number of carbonyl (C=O) groups is 2. The van der Waals surface area contributed by atoms with Crippen molar-refractivity contribution >= 4 is 17.6 Å². The molecule has 6 nitrogen and oxygen atoms in total. The van der Waals surface area contributed by atoms with Crippen molar-refractivity contribution in [1.82, 2.24) is 4.57 Å². The number of hydrogen-bond donors (Lipinski definition) is 2. The number of anilines is 1. The van der Waals surface area contributed by atoms with E-state index in [1.165, 1.54) is 4.57 Å². The molecular formula is C24H24N2O4. The molecule has 1 amide bonds. The molecule has 0 radical (unpaired) electrons. The van der Waals surface area contributed by atoms with Crippen molar-refractivity contribution in [1.29, 1.82) is 0 Å². The van der Waals surface area contributed by atoms with Crippen LogP contribution in [0.1, 0.15) is 23.2 Å². The van der Waals surface area contributed by atoms with Gasteiger partial charge in [0.25, 0.3) is 5.56 Å². The lowest BCUT2D eigenvalue weighted by Crippen LogP contribution is -2.30. The monoisotopic (exact) mass is 404 g/mol. The van der Waals surface area contributed by atoms with Gasteiger partial charge in [-0.2, -0.15) is 0 Å². The molecule has 30 heavy (non-hydrogen) atoms. The molecule has 3 aromatic rings. The number of nitrogens with one attached hydrogen (secondary N) is 1. The van der Waals surface area contributed by atoms with E-state index in [-0.39, 0.29) is 18.0 Å². The van der Waals surface area contributed by atoms with Crippen LogP contribution in [-0.2, 0) is 35.4 Å². The summed E-state index contributed by atoms with van der Waals surface area (Å²) in [4.78, 5) is 36.4. The number of benzene rings is 2. The van der Waals surface area contributed by atoms with Crippen LogP contribution in [0.3, 0.4) is 0 Å². The van der Waals surface area contributed by atoms with Crippen molar-refractivity contribution in [3.63, 3.8) is 0 Å². The Bertz CT molecular complexity index is 1060. The molecule has 0 saturated heterocycles. The van der Waals surface area contributed by atoms with Gasteiger partial charge in [0.05, 0.1) is 0 Å². The Labute approximate surface area is 174 Å². The van der Waals surface area contributed by atoms with Gasteiger partial charge in [-0.15, -0.1) is 0 Å². The molecular weight excluding hydrogens is 380 g/mol. The minimum absolute atomic E-state index is 0.0952. The first-order valence-corrected chi connectivity index (χ1v) is 9.85. The highest BCUT2D eigenvalue weighted by Crippen LogP contribution is 2.11. The summed E-state index contributed by atoms with van der Waals surface area (Å²) in [6.07, 6.45) is 2.00. The van der Waals surface area contributed by atoms with Gasteiger partial charge in [-0.05, 0) is 42.5 Å². The van der Waals surface area contributed by atoms with E-state index in [4.69, 9.17) is 0 Å². The van der Waals surface area contributed by atoms with Crippen LogP contribution in [0.15, 0.2) is 77.6 Å². The third-order valence-corrected chi connectivity index (χ3v) is 4.83. The summed E-state index contributed by atoms with van der Waals surface area (Å²) in [5.74, 6) is -1.39. The third kappa shape index (κ3) is 5.91. The number of pyridine rings is 1. The highest BCUT2D eigenvalue weighted by Gasteiger charge is 2.14. The molecule has 0 aliphatic carbocycles. The molecule has 0 saturated carbocycles. The van der Waals surface area contributed by atoms with Crippen molar-refractivity contribution in [2.45, 2.75) is 32.2 Å².